The van der Waals surface area contributed by atoms with Gasteiger partial charge in [-0.05, 0) is 26.0 Å². The minimum absolute atomic E-state index is 0.0364. The van der Waals surface area contributed by atoms with Crippen LogP contribution in [0.4, 0.5) is 20.4 Å². The minimum atomic E-state index is -2.65. The number of alkyl halides is 2. The van der Waals surface area contributed by atoms with Crippen molar-refractivity contribution in [2.24, 2.45) is 0 Å². The smallest absolute Gasteiger partial charge is 0.280 e. The van der Waals surface area contributed by atoms with Gasteiger partial charge in [0.1, 0.15) is 17.3 Å². The number of halogens is 2. The van der Waals surface area contributed by atoms with Crippen molar-refractivity contribution >= 4 is 28.8 Å². The highest BCUT2D eigenvalue weighted by Crippen LogP contribution is 2.28. The molecule has 2 aromatic heterocycles. The SMILES string of the molecule is CC(C)Nc1nc(C(F)F)cc2cnc(NC=O)cc12. The molecule has 0 aromatic carbocycles. The fraction of sp³-hybridized carbons (Fsp3) is 0.308. The lowest BCUT2D eigenvalue weighted by atomic mass is 10.1. The van der Waals surface area contributed by atoms with Crippen LogP contribution in [0, 0.1) is 0 Å². The van der Waals surface area contributed by atoms with Gasteiger partial charge in [0.2, 0.25) is 6.41 Å². The van der Waals surface area contributed by atoms with Gasteiger partial charge >= 0.3 is 0 Å². The monoisotopic (exact) mass is 280 g/mol. The van der Waals surface area contributed by atoms with E-state index in [4.69, 9.17) is 0 Å². The lowest BCUT2D eigenvalue weighted by molar-refractivity contribution is -0.105. The molecule has 2 aromatic rings. The number of pyridine rings is 2. The van der Waals surface area contributed by atoms with E-state index in [9.17, 15) is 13.6 Å². The van der Waals surface area contributed by atoms with Gasteiger partial charge in [-0.3, -0.25) is 4.79 Å². The van der Waals surface area contributed by atoms with Crippen molar-refractivity contribution in [1.82, 2.24) is 9.97 Å². The van der Waals surface area contributed by atoms with E-state index in [1.165, 1.54) is 12.3 Å². The van der Waals surface area contributed by atoms with Crippen LogP contribution in [-0.2, 0) is 4.79 Å². The molecule has 1 amide bonds. The van der Waals surface area contributed by atoms with Crippen LogP contribution in [0.1, 0.15) is 26.0 Å². The number of aromatic nitrogens is 2. The number of hydrogen-bond acceptors (Lipinski definition) is 4. The Kier molecular flexibility index (Phi) is 4.07. The van der Waals surface area contributed by atoms with Crippen LogP contribution in [-0.4, -0.2) is 22.4 Å². The van der Waals surface area contributed by atoms with E-state index in [0.29, 0.717) is 28.8 Å². The molecule has 0 atom stereocenters. The molecule has 0 saturated carbocycles. The zero-order chi connectivity index (χ0) is 14.7. The summed E-state index contributed by atoms with van der Waals surface area (Å²) < 4.78 is 25.7. The average molecular weight is 280 g/mol. The van der Waals surface area contributed by atoms with Crippen LogP contribution >= 0.6 is 0 Å². The van der Waals surface area contributed by atoms with E-state index in [0.717, 1.165) is 0 Å². The van der Waals surface area contributed by atoms with Crippen LogP contribution in [0.15, 0.2) is 18.3 Å². The molecule has 0 radical (unpaired) electrons. The highest BCUT2D eigenvalue weighted by atomic mass is 19.3. The first-order valence-corrected chi connectivity index (χ1v) is 6.07. The van der Waals surface area contributed by atoms with Gasteiger partial charge in [-0.15, -0.1) is 0 Å². The van der Waals surface area contributed by atoms with Crippen LogP contribution in [0.3, 0.4) is 0 Å². The normalized spacial score (nSPS) is 11.1. The molecule has 2 heterocycles. The third-order valence-corrected chi connectivity index (χ3v) is 2.59. The molecule has 2 rings (SSSR count). The molecule has 0 spiro atoms. The summed E-state index contributed by atoms with van der Waals surface area (Å²) in [6.07, 6.45) is -0.717. The zero-order valence-corrected chi connectivity index (χ0v) is 11.0. The molecule has 0 aliphatic heterocycles. The number of fused-ring (bicyclic) bond motifs is 1. The fourth-order valence-corrected chi connectivity index (χ4v) is 1.80. The molecule has 0 unspecified atom stereocenters. The summed E-state index contributed by atoms with van der Waals surface area (Å²) in [7, 11) is 0. The quantitative estimate of drug-likeness (QED) is 0.826. The number of carbonyl (C=O) groups excluding carboxylic acids is 1. The number of nitrogens with one attached hydrogen (secondary N) is 2. The second-order valence-corrected chi connectivity index (χ2v) is 4.55. The molecule has 5 nitrogen and oxygen atoms in total. The lowest BCUT2D eigenvalue weighted by Crippen LogP contribution is -2.12. The minimum Gasteiger partial charge on any atom is -0.367 e. The summed E-state index contributed by atoms with van der Waals surface area (Å²) in [5, 5.41) is 6.61. The van der Waals surface area contributed by atoms with Gasteiger partial charge in [-0.1, -0.05) is 0 Å². The second-order valence-electron chi connectivity index (χ2n) is 4.55. The maximum Gasteiger partial charge on any atom is 0.280 e. The first-order valence-electron chi connectivity index (χ1n) is 6.07. The molecular formula is C13H14F2N4O. The largest absolute Gasteiger partial charge is 0.367 e. The maximum atomic E-state index is 12.8. The molecule has 0 aliphatic rings. The number of carbonyl (C=O) groups is 1. The molecule has 20 heavy (non-hydrogen) atoms. The molecule has 0 fully saturated rings. The average Bonchev–Trinajstić information content (AvgIpc) is 2.38. The highest BCUT2D eigenvalue weighted by Gasteiger charge is 2.14. The number of rotatable bonds is 5. The Morgan fingerprint density at radius 3 is 2.65 bits per heavy atom. The van der Waals surface area contributed by atoms with Crippen molar-refractivity contribution in [2.75, 3.05) is 10.6 Å². The summed E-state index contributed by atoms with van der Waals surface area (Å²) in [6.45, 7) is 3.77. The van der Waals surface area contributed by atoms with Gasteiger partial charge < -0.3 is 10.6 Å². The first-order chi connectivity index (χ1) is 9.51. The molecule has 7 heteroatoms. The fourth-order valence-electron chi connectivity index (χ4n) is 1.80. The summed E-state index contributed by atoms with van der Waals surface area (Å²) in [4.78, 5) is 18.3. The Balaban J connectivity index is 2.61. The highest BCUT2D eigenvalue weighted by molar-refractivity contribution is 5.94. The van der Waals surface area contributed by atoms with Gasteiger partial charge in [0, 0.05) is 23.0 Å². The number of hydrogen-bond donors (Lipinski definition) is 2. The number of anilines is 2. The number of nitrogens with zero attached hydrogens (tertiary/aromatic N) is 2. The summed E-state index contributed by atoms with van der Waals surface area (Å²) in [5.41, 5.74) is -0.307. The molecule has 0 bridgehead atoms. The van der Waals surface area contributed by atoms with E-state index >= 15 is 0 Å². The molecule has 106 valence electrons. The lowest BCUT2D eigenvalue weighted by Gasteiger charge is -2.14. The van der Waals surface area contributed by atoms with Crippen molar-refractivity contribution in [3.8, 4) is 0 Å². The van der Waals surface area contributed by atoms with Crippen LogP contribution in [0.25, 0.3) is 10.8 Å². The Morgan fingerprint density at radius 2 is 2.05 bits per heavy atom. The molecule has 2 N–H and O–H groups in total. The Bertz CT molecular complexity index is 631. The van der Waals surface area contributed by atoms with Crippen molar-refractivity contribution in [1.29, 1.82) is 0 Å². The standard InChI is InChI=1S/C13H14F2N4O/c1-7(2)18-13-9-4-11(17-6-20)16-5-8(9)3-10(19-13)12(14)15/h3-7,12H,1-2H3,(H,18,19)(H,16,17,20). The topological polar surface area (TPSA) is 66.9 Å². The summed E-state index contributed by atoms with van der Waals surface area (Å²) in [6, 6.07) is 2.93. The first kappa shape index (κ1) is 14.1. The molecule has 0 aliphatic carbocycles. The maximum absolute atomic E-state index is 12.8. The Morgan fingerprint density at radius 1 is 1.30 bits per heavy atom. The zero-order valence-electron chi connectivity index (χ0n) is 11.0. The second kappa shape index (κ2) is 5.77. The predicted molar refractivity (Wildman–Crippen MR) is 72.9 cm³/mol. The van der Waals surface area contributed by atoms with E-state index in [2.05, 4.69) is 20.6 Å². The van der Waals surface area contributed by atoms with E-state index in [1.54, 1.807) is 6.07 Å². The van der Waals surface area contributed by atoms with Crippen molar-refractivity contribution in [3.05, 3.63) is 24.0 Å². The summed E-state index contributed by atoms with van der Waals surface area (Å²) in [5.74, 6) is 0.690. The van der Waals surface area contributed by atoms with Crippen molar-refractivity contribution in [3.63, 3.8) is 0 Å². The van der Waals surface area contributed by atoms with Crippen LogP contribution < -0.4 is 10.6 Å². The van der Waals surface area contributed by atoms with E-state index in [1.807, 2.05) is 13.8 Å². The Hall–Kier alpha value is -2.31. The van der Waals surface area contributed by atoms with Gasteiger partial charge in [0.25, 0.3) is 6.43 Å². The van der Waals surface area contributed by atoms with Gasteiger partial charge in [-0.2, -0.15) is 0 Å². The Labute approximate surface area is 114 Å². The van der Waals surface area contributed by atoms with Crippen molar-refractivity contribution < 1.29 is 13.6 Å². The van der Waals surface area contributed by atoms with Crippen LogP contribution in [0.2, 0.25) is 0 Å². The summed E-state index contributed by atoms with van der Waals surface area (Å²) >= 11 is 0. The van der Waals surface area contributed by atoms with Gasteiger partial charge in [0.15, 0.2) is 0 Å². The molecular weight excluding hydrogens is 266 g/mol. The van der Waals surface area contributed by atoms with E-state index in [-0.39, 0.29) is 11.7 Å². The predicted octanol–water partition coefficient (Wildman–Crippen LogP) is 2.96. The van der Waals surface area contributed by atoms with Gasteiger partial charge in [-0.25, -0.2) is 18.7 Å². The molecule has 0 saturated heterocycles. The third kappa shape index (κ3) is 2.98. The van der Waals surface area contributed by atoms with Gasteiger partial charge in [0.05, 0.1) is 0 Å². The third-order valence-electron chi connectivity index (χ3n) is 2.59. The number of amides is 1. The van der Waals surface area contributed by atoms with Crippen LogP contribution in [0.5, 0.6) is 0 Å². The van der Waals surface area contributed by atoms with Crippen molar-refractivity contribution in [2.45, 2.75) is 26.3 Å². The van der Waals surface area contributed by atoms with E-state index < -0.39 is 6.43 Å².